The molecule has 0 saturated heterocycles. The minimum atomic E-state index is -0.714. The largest absolute Gasteiger partial charge is 0.481 e. The summed E-state index contributed by atoms with van der Waals surface area (Å²) in [6.45, 7) is 4.35. The Balaban J connectivity index is 0.000000293. The summed E-state index contributed by atoms with van der Waals surface area (Å²) in [6.07, 6.45) is 8.99. The maximum Gasteiger partial charge on any atom is 0.304 e. The number of hydrogen-bond donors (Lipinski definition) is 1. The van der Waals surface area contributed by atoms with Gasteiger partial charge in [-0.3, -0.25) is 4.79 Å². The Hall–Kier alpha value is -0.970. The van der Waals surface area contributed by atoms with E-state index in [0.717, 1.165) is 12.2 Å². The molecule has 92 valence electrons. The molecule has 0 aliphatic rings. The molecule has 1 aromatic heterocycles. The normalized spacial score (nSPS) is 11.4. The SMILES string of the molecule is CCC(C)n1ccnc1.CSCCC(=O)O. The lowest BCUT2D eigenvalue weighted by Gasteiger charge is -2.07. The molecule has 5 heteroatoms. The maximum atomic E-state index is 9.74. The minimum absolute atomic E-state index is 0.279. The number of carboxylic acid groups (broad SMARTS) is 1. The molecular formula is C11H20N2O2S. The van der Waals surface area contributed by atoms with Gasteiger partial charge in [0, 0.05) is 24.2 Å². The van der Waals surface area contributed by atoms with Crippen LogP contribution in [0.3, 0.4) is 0 Å². The molecule has 0 aromatic carbocycles. The third-order valence-corrected chi connectivity index (χ3v) is 2.76. The number of thioether (sulfide) groups is 1. The van der Waals surface area contributed by atoms with Gasteiger partial charge in [0.05, 0.1) is 12.7 Å². The van der Waals surface area contributed by atoms with Gasteiger partial charge >= 0.3 is 5.97 Å². The summed E-state index contributed by atoms with van der Waals surface area (Å²) in [5, 5.41) is 8.03. The van der Waals surface area contributed by atoms with E-state index >= 15 is 0 Å². The van der Waals surface area contributed by atoms with E-state index in [1.54, 1.807) is 11.8 Å². The first kappa shape index (κ1) is 15.0. The van der Waals surface area contributed by atoms with E-state index in [1.807, 2.05) is 25.0 Å². The summed E-state index contributed by atoms with van der Waals surface area (Å²) in [5.74, 6) is 0.00403. The van der Waals surface area contributed by atoms with E-state index in [0.29, 0.717) is 6.04 Å². The number of nitrogens with zero attached hydrogens (tertiary/aromatic N) is 2. The van der Waals surface area contributed by atoms with Gasteiger partial charge in [-0.25, -0.2) is 4.98 Å². The average Bonchev–Trinajstić information content (AvgIpc) is 2.79. The van der Waals surface area contributed by atoms with Gasteiger partial charge in [0.25, 0.3) is 0 Å². The fourth-order valence-corrected chi connectivity index (χ4v) is 1.31. The highest BCUT2D eigenvalue weighted by atomic mass is 32.2. The van der Waals surface area contributed by atoms with Gasteiger partial charge in [-0.1, -0.05) is 6.92 Å². The summed E-state index contributed by atoms with van der Waals surface area (Å²) >= 11 is 1.55. The van der Waals surface area contributed by atoms with E-state index in [2.05, 4.69) is 23.4 Å². The molecule has 1 atom stereocenters. The average molecular weight is 244 g/mol. The lowest BCUT2D eigenvalue weighted by atomic mass is 10.3. The van der Waals surface area contributed by atoms with E-state index < -0.39 is 5.97 Å². The van der Waals surface area contributed by atoms with Crippen LogP contribution in [0.15, 0.2) is 18.7 Å². The number of hydrogen-bond acceptors (Lipinski definition) is 3. The summed E-state index contributed by atoms with van der Waals surface area (Å²) in [6, 6.07) is 0.590. The molecule has 0 bridgehead atoms. The molecule has 4 nitrogen and oxygen atoms in total. The highest BCUT2D eigenvalue weighted by molar-refractivity contribution is 7.98. The fraction of sp³-hybridized carbons (Fsp3) is 0.636. The first-order valence-corrected chi connectivity index (χ1v) is 6.69. The Morgan fingerprint density at radius 2 is 2.31 bits per heavy atom. The van der Waals surface area contributed by atoms with Crippen molar-refractivity contribution in [2.24, 2.45) is 0 Å². The molecule has 0 aliphatic carbocycles. The quantitative estimate of drug-likeness (QED) is 0.865. The lowest BCUT2D eigenvalue weighted by molar-refractivity contribution is -0.136. The van der Waals surface area contributed by atoms with Crippen molar-refractivity contribution in [2.45, 2.75) is 32.7 Å². The van der Waals surface area contributed by atoms with E-state index in [-0.39, 0.29) is 6.42 Å². The van der Waals surface area contributed by atoms with Crippen LogP contribution in [0.25, 0.3) is 0 Å². The van der Waals surface area contributed by atoms with E-state index in [4.69, 9.17) is 5.11 Å². The van der Waals surface area contributed by atoms with Crippen molar-refractivity contribution in [3.8, 4) is 0 Å². The fourth-order valence-electron chi connectivity index (χ4n) is 0.930. The third kappa shape index (κ3) is 7.34. The van der Waals surface area contributed by atoms with Crippen molar-refractivity contribution < 1.29 is 9.90 Å². The number of carbonyl (C=O) groups is 1. The maximum absolute atomic E-state index is 9.74. The van der Waals surface area contributed by atoms with Crippen molar-refractivity contribution in [1.29, 1.82) is 0 Å². The topological polar surface area (TPSA) is 55.1 Å². The van der Waals surface area contributed by atoms with Crippen molar-refractivity contribution in [3.63, 3.8) is 0 Å². The standard InChI is InChI=1S/C7H12N2.C4H8O2S/c1-3-7(2)9-5-4-8-6-9;1-7-3-2-4(5)6/h4-7H,3H2,1-2H3;2-3H2,1H3,(H,5,6). The summed E-state index contributed by atoms with van der Waals surface area (Å²) in [5.41, 5.74) is 0. The van der Waals surface area contributed by atoms with Gasteiger partial charge in [-0.2, -0.15) is 11.8 Å². The Labute approximate surface area is 101 Å². The van der Waals surface area contributed by atoms with Crippen LogP contribution in [0.5, 0.6) is 0 Å². The Kier molecular flexibility index (Phi) is 8.71. The zero-order valence-electron chi connectivity index (χ0n) is 10.1. The predicted molar refractivity (Wildman–Crippen MR) is 67.9 cm³/mol. The Morgan fingerprint density at radius 3 is 2.62 bits per heavy atom. The predicted octanol–water partition coefficient (Wildman–Crippen LogP) is 2.68. The zero-order chi connectivity index (χ0) is 12.4. The van der Waals surface area contributed by atoms with Crippen LogP contribution in [-0.4, -0.2) is 32.6 Å². The molecule has 0 radical (unpaired) electrons. The van der Waals surface area contributed by atoms with E-state index in [9.17, 15) is 4.79 Å². The first-order valence-electron chi connectivity index (χ1n) is 5.30. The molecule has 1 unspecified atom stereocenters. The Morgan fingerprint density at radius 1 is 1.62 bits per heavy atom. The summed E-state index contributed by atoms with van der Waals surface area (Å²) < 4.78 is 2.11. The monoisotopic (exact) mass is 244 g/mol. The number of carboxylic acids is 1. The van der Waals surface area contributed by atoms with Crippen molar-refractivity contribution >= 4 is 17.7 Å². The first-order chi connectivity index (χ1) is 7.61. The summed E-state index contributed by atoms with van der Waals surface area (Å²) in [7, 11) is 0. The number of aliphatic carboxylic acids is 1. The highest BCUT2D eigenvalue weighted by Crippen LogP contribution is 2.06. The number of imidazole rings is 1. The van der Waals surface area contributed by atoms with Gasteiger partial charge in [0.15, 0.2) is 0 Å². The lowest BCUT2D eigenvalue weighted by Crippen LogP contribution is -1.99. The molecule has 0 saturated carbocycles. The smallest absolute Gasteiger partial charge is 0.304 e. The summed E-state index contributed by atoms with van der Waals surface area (Å²) in [4.78, 5) is 13.7. The van der Waals surface area contributed by atoms with Gasteiger partial charge in [-0.05, 0) is 19.6 Å². The van der Waals surface area contributed by atoms with Crippen LogP contribution in [-0.2, 0) is 4.79 Å². The van der Waals surface area contributed by atoms with Crippen LogP contribution in [0.1, 0.15) is 32.7 Å². The molecule has 1 N–H and O–H groups in total. The van der Waals surface area contributed by atoms with Crippen LogP contribution in [0, 0.1) is 0 Å². The Bertz CT molecular complexity index is 276. The van der Waals surface area contributed by atoms with Crippen LogP contribution >= 0.6 is 11.8 Å². The van der Waals surface area contributed by atoms with Crippen LogP contribution < -0.4 is 0 Å². The molecule has 1 aromatic rings. The molecule has 0 amide bonds. The van der Waals surface area contributed by atoms with Gasteiger partial charge in [0.2, 0.25) is 0 Å². The van der Waals surface area contributed by atoms with Gasteiger partial charge < -0.3 is 9.67 Å². The molecule has 1 heterocycles. The molecule has 1 rings (SSSR count). The van der Waals surface area contributed by atoms with Gasteiger partial charge in [-0.15, -0.1) is 0 Å². The van der Waals surface area contributed by atoms with Crippen molar-refractivity contribution in [1.82, 2.24) is 9.55 Å². The van der Waals surface area contributed by atoms with E-state index in [1.165, 1.54) is 0 Å². The zero-order valence-corrected chi connectivity index (χ0v) is 10.9. The molecule has 0 aliphatic heterocycles. The second-order valence-corrected chi connectivity index (χ2v) is 4.39. The number of rotatable bonds is 5. The third-order valence-electron chi connectivity index (χ3n) is 2.14. The van der Waals surface area contributed by atoms with Crippen molar-refractivity contribution in [2.75, 3.05) is 12.0 Å². The second-order valence-electron chi connectivity index (χ2n) is 3.40. The van der Waals surface area contributed by atoms with Crippen molar-refractivity contribution in [3.05, 3.63) is 18.7 Å². The van der Waals surface area contributed by atoms with Crippen LogP contribution in [0.2, 0.25) is 0 Å². The molecule has 16 heavy (non-hydrogen) atoms. The molecule has 0 fully saturated rings. The number of aromatic nitrogens is 2. The van der Waals surface area contributed by atoms with Gasteiger partial charge in [0.1, 0.15) is 0 Å². The second kappa shape index (κ2) is 9.27. The highest BCUT2D eigenvalue weighted by Gasteiger charge is 1.96. The minimum Gasteiger partial charge on any atom is -0.481 e. The molecular weight excluding hydrogens is 224 g/mol. The molecule has 0 spiro atoms. The van der Waals surface area contributed by atoms with Crippen LogP contribution in [0.4, 0.5) is 0 Å².